The minimum absolute atomic E-state index is 0. The van der Waals surface area contributed by atoms with Gasteiger partial charge in [0.1, 0.15) is 13.2 Å². The van der Waals surface area contributed by atoms with Crippen LogP contribution in [0.4, 0.5) is 5.69 Å². The third-order valence-electron chi connectivity index (χ3n) is 6.86. The van der Waals surface area contributed by atoms with Gasteiger partial charge >= 0.3 is 0 Å². The smallest absolute Gasteiger partial charge is 0.225 e. The monoisotopic (exact) mass is 487 g/mol. The fourth-order valence-corrected chi connectivity index (χ4v) is 5.24. The van der Waals surface area contributed by atoms with Crippen LogP contribution in [-0.2, 0) is 11.2 Å². The molecule has 8 heteroatoms. The summed E-state index contributed by atoms with van der Waals surface area (Å²) < 4.78 is 11.4. The molecular weight excluding hydrogens is 454 g/mol. The third kappa shape index (κ3) is 5.95. The summed E-state index contributed by atoms with van der Waals surface area (Å²) in [6.07, 6.45) is 4.13. The van der Waals surface area contributed by atoms with Crippen LogP contribution >= 0.6 is 11.6 Å². The Labute approximate surface area is 206 Å². The van der Waals surface area contributed by atoms with Crippen LogP contribution in [0.3, 0.4) is 0 Å². The third-order valence-corrected chi connectivity index (χ3v) is 7.12. The van der Waals surface area contributed by atoms with Gasteiger partial charge in [-0.2, -0.15) is 0 Å². The molecule has 2 fully saturated rings. The summed E-state index contributed by atoms with van der Waals surface area (Å²) in [7, 11) is 0. The minimum Gasteiger partial charge on any atom is -0.486 e. The summed E-state index contributed by atoms with van der Waals surface area (Å²) in [6.45, 7) is 5.91. The molecule has 0 unspecified atom stereocenters. The standard InChI is InChI=1S/C26H32ClN3O3.H2O/c27-21-4-6-23(7-5-21)30-12-9-20(17-30)26(31)28-22(18-29-10-1-2-11-29)15-19-3-8-24-25(16-19)33-14-13-32-24;/h3-8,16,20,22H,1-2,9-15,17-18H2,(H,28,31);1H2/t20-,22-;/m0./s1. The zero-order valence-electron chi connectivity index (χ0n) is 19.5. The zero-order valence-corrected chi connectivity index (χ0v) is 20.2. The molecule has 0 radical (unpaired) electrons. The Morgan fingerprint density at radius 1 is 1.03 bits per heavy atom. The fourth-order valence-electron chi connectivity index (χ4n) is 5.12. The van der Waals surface area contributed by atoms with Crippen LogP contribution in [0.15, 0.2) is 42.5 Å². The van der Waals surface area contributed by atoms with Crippen LogP contribution in [0.5, 0.6) is 11.5 Å². The Bertz CT molecular complexity index is 965. The number of halogens is 1. The van der Waals surface area contributed by atoms with E-state index in [4.69, 9.17) is 21.1 Å². The highest BCUT2D eigenvalue weighted by Crippen LogP contribution is 2.31. The number of nitrogens with one attached hydrogen (secondary N) is 1. The lowest BCUT2D eigenvalue weighted by molar-refractivity contribution is -0.125. The molecule has 3 aliphatic heterocycles. The lowest BCUT2D eigenvalue weighted by Crippen LogP contribution is -2.46. The second kappa shape index (κ2) is 11.3. The van der Waals surface area contributed by atoms with Gasteiger partial charge < -0.3 is 30.1 Å². The number of amides is 1. The summed E-state index contributed by atoms with van der Waals surface area (Å²) in [6, 6.07) is 14.1. The van der Waals surface area contributed by atoms with Crippen molar-refractivity contribution in [1.82, 2.24) is 10.2 Å². The summed E-state index contributed by atoms with van der Waals surface area (Å²) in [5, 5.41) is 4.13. The van der Waals surface area contributed by atoms with Gasteiger partial charge in [0.05, 0.1) is 5.92 Å². The van der Waals surface area contributed by atoms with Crippen molar-refractivity contribution in [2.75, 3.05) is 50.8 Å². The molecule has 0 aromatic heterocycles. The molecular formula is C26H34ClN3O4. The van der Waals surface area contributed by atoms with Gasteiger partial charge in [-0.3, -0.25) is 4.79 Å². The molecule has 2 saturated heterocycles. The minimum atomic E-state index is 0. The number of carbonyl (C=O) groups excluding carboxylic acids is 1. The van der Waals surface area contributed by atoms with Gasteiger partial charge in [-0.15, -0.1) is 0 Å². The van der Waals surface area contributed by atoms with Crippen molar-refractivity contribution in [3.63, 3.8) is 0 Å². The molecule has 0 aliphatic carbocycles. The number of carbonyl (C=O) groups is 1. The molecule has 3 aliphatic rings. The van der Waals surface area contributed by atoms with E-state index in [1.807, 2.05) is 30.3 Å². The van der Waals surface area contributed by atoms with Crippen LogP contribution < -0.4 is 19.7 Å². The first-order valence-corrected chi connectivity index (χ1v) is 12.4. The molecule has 2 atom stereocenters. The van der Waals surface area contributed by atoms with Crippen molar-refractivity contribution in [3.8, 4) is 11.5 Å². The lowest BCUT2D eigenvalue weighted by atomic mass is 10.0. The van der Waals surface area contributed by atoms with E-state index in [9.17, 15) is 4.79 Å². The predicted molar refractivity (Wildman–Crippen MR) is 134 cm³/mol. The number of benzene rings is 2. The normalized spacial score (nSPS) is 20.6. The Morgan fingerprint density at radius 3 is 2.53 bits per heavy atom. The number of rotatable bonds is 7. The lowest BCUT2D eigenvalue weighted by Gasteiger charge is -2.27. The Hall–Kier alpha value is -2.48. The quantitative estimate of drug-likeness (QED) is 0.649. The molecule has 0 saturated carbocycles. The largest absolute Gasteiger partial charge is 0.486 e. The second-order valence-corrected chi connectivity index (χ2v) is 9.74. The number of ether oxygens (including phenoxy) is 2. The maximum absolute atomic E-state index is 13.3. The molecule has 2 aromatic rings. The highest BCUT2D eigenvalue weighted by molar-refractivity contribution is 6.30. The van der Waals surface area contributed by atoms with Crippen LogP contribution in [0.2, 0.25) is 5.02 Å². The highest BCUT2D eigenvalue weighted by Gasteiger charge is 2.30. The van der Waals surface area contributed by atoms with Gasteiger partial charge in [0.2, 0.25) is 5.91 Å². The van der Waals surface area contributed by atoms with Gasteiger partial charge in [0.15, 0.2) is 11.5 Å². The van der Waals surface area contributed by atoms with Gasteiger partial charge in [0, 0.05) is 36.4 Å². The van der Waals surface area contributed by atoms with Crippen molar-refractivity contribution in [3.05, 3.63) is 53.1 Å². The van der Waals surface area contributed by atoms with E-state index in [1.54, 1.807) is 0 Å². The number of hydrogen-bond acceptors (Lipinski definition) is 5. The molecule has 3 N–H and O–H groups in total. The number of fused-ring (bicyclic) bond motifs is 1. The number of likely N-dealkylation sites (tertiary alicyclic amines) is 1. The van der Waals surface area contributed by atoms with Gasteiger partial charge in [-0.05, 0) is 80.7 Å². The Balaban J connectivity index is 0.00000274. The Kier molecular flexibility index (Phi) is 8.19. The van der Waals surface area contributed by atoms with E-state index >= 15 is 0 Å². The van der Waals surface area contributed by atoms with Crippen LogP contribution in [0, 0.1) is 5.92 Å². The average molecular weight is 488 g/mol. The van der Waals surface area contributed by atoms with Crippen LogP contribution in [-0.4, -0.2) is 68.3 Å². The van der Waals surface area contributed by atoms with E-state index in [0.29, 0.717) is 13.2 Å². The van der Waals surface area contributed by atoms with Crippen molar-refractivity contribution < 1.29 is 19.7 Å². The highest BCUT2D eigenvalue weighted by atomic mass is 35.5. The number of anilines is 1. The first-order chi connectivity index (χ1) is 16.1. The molecule has 0 spiro atoms. The van der Waals surface area contributed by atoms with E-state index < -0.39 is 0 Å². The van der Waals surface area contributed by atoms with Gasteiger partial charge in [0.25, 0.3) is 0 Å². The number of nitrogens with zero attached hydrogens (tertiary/aromatic N) is 2. The molecule has 5 rings (SSSR count). The molecule has 2 aromatic carbocycles. The van der Waals surface area contributed by atoms with Crippen molar-refractivity contribution in [2.24, 2.45) is 5.92 Å². The average Bonchev–Trinajstić information content (AvgIpc) is 3.52. The first kappa shape index (κ1) is 24.6. The fraction of sp³-hybridized carbons (Fsp3) is 0.500. The molecule has 3 heterocycles. The summed E-state index contributed by atoms with van der Waals surface area (Å²) >= 11 is 6.03. The maximum atomic E-state index is 13.3. The molecule has 7 nitrogen and oxygen atoms in total. The van der Waals surface area contributed by atoms with E-state index in [0.717, 1.165) is 73.3 Å². The van der Waals surface area contributed by atoms with Crippen molar-refractivity contribution >= 4 is 23.2 Å². The predicted octanol–water partition coefficient (Wildman–Crippen LogP) is 2.94. The molecule has 184 valence electrons. The zero-order chi connectivity index (χ0) is 22.6. The van der Waals surface area contributed by atoms with Gasteiger partial charge in [-0.25, -0.2) is 0 Å². The second-order valence-electron chi connectivity index (χ2n) is 9.30. The topological polar surface area (TPSA) is 85.5 Å². The van der Waals surface area contributed by atoms with Crippen LogP contribution in [0.1, 0.15) is 24.8 Å². The summed E-state index contributed by atoms with van der Waals surface area (Å²) in [5.41, 5.74) is 2.29. The molecule has 1 amide bonds. The maximum Gasteiger partial charge on any atom is 0.225 e. The van der Waals surface area contributed by atoms with E-state index in [2.05, 4.69) is 27.2 Å². The summed E-state index contributed by atoms with van der Waals surface area (Å²) in [5.74, 6) is 1.77. The van der Waals surface area contributed by atoms with Crippen molar-refractivity contribution in [1.29, 1.82) is 0 Å². The van der Waals surface area contributed by atoms with E-state index in [-0.39, 0.29) is 23.3 Å². The first-order valence-electron chi connectivity index (χ1n) is 12.1. The van der Waals surface area contributed by atoms with Crippen LogP contribution in [0.25, 0.3) is 0 Å². The van der Waals surface area contributed by atoms with E-state index in [1.165, 1.54) is 12.8 Å². The van der Waals surface area contributed by atoms with Crippen molar-refractivity contribution in [2.45, 2.75) is 31.7 Å². The Morgan fingerprint density at radius 2 is 1.76 bits per heavy atom. The van der Waals surface area contributed by atoms with Gasteiger partial charge in [-0.1, -0.05) is 17.7 Å². The SMILES string of the molecule is O.O=C(N[C@@H](Cc1ccc2c(c1)OCCO2)CN1CCCC1)[C@H]1CCN(c2ccc(Cl)cc2)C1. The number of hydrogen-bond donors (Lipinski definition) is 1. The molecule has 0 bridgehead atoms. The summed E-state index contributed by atoms with van der Waals surface area (Å²) in [4.78, 5) is 18.0. The molecule has 34 heavy (non-hydrogen) atoms.